The fraction of sp³-hybridized carbons (Fsp3) is 0.200. The molecule has 5 rings (SSSR count). The van der Waals surface area contributed by atoms with E-state index in [1.165, 1.54) is 16.2 Å². The number of nitrogens with zero attached hydrogens (tertiary/aromatic N) is 3. The van der Waals surface area contributed by atoms with Gasteiger partial charge in [0.25, 0.3) is 11.8 Å². The highest BCUT2D eigenvalue weighted by molar-refractivity contribution is 9.10. The minimum absolute atomic E-state index is 0.0310. The van der Waals surface area contributed by atoms with Crippen molar-refractivity contribution in [3.8, 4) is 17.2 Å². The molecule has 1 aliphatic heterocycles. The molecule has 0 saturated carbocycles. The van der Waals surface area contributed by atoms with Gasteiger partial charge in [0.2, 0.25) is 0 Å². The monoisotopic (exact) mass is 668 g/mol. The molecule has 0 spiro atoms. The standard InChI is InChI=1S/C30H26BrClN4O7/c1-42-21-9-5-20(6-10-21)36-27(28(39)33-15-18-2-7-22(8-3-18)43-17-26(37)38)25-16-34(12-13-35(25)30(36)41)29(40)19-4-11-23(31)24(32)14-19/h2-11,14H,12-13,15-17H2,1H3,(H,33,39)(H,37,38). The van der Waals surface area contributed by atoms with Crippen molar-refractivity contribution in [1.29, 1.82) is 0 Å². The van der Waals surface area contributed by atoms with Crippen molar-refractivity contribution in [3.63, 3.8) is 0 Å². The maximum absolute atomic E-state index is 13.8. The number of nitrogens with one attached hydrogen (secondary N) is 1. The summed E-state index contributed by atoms with van der Waals surface area (Å²) in [5.41, 5.74) is 1.70. The first-order chi connectivity index (χ1) is 20.7. The fourth-order valence-corrected chi connectivity index (χ4v) is 5.19. The SMILES string of the molecule is COc1ccc(-n2c(C(=O)NCc3ccc(OCC(=O)O)cc3)c3n(c2=O)CCN(C(=O)c2ccc(Br)c(Cl)c2)C3)cc1. The second-order valence-corrected chi connectivity index (χ2v) is 10.9. The van der Waals surface area contributed by atoms with Crippen molar-refractivity contribution in [2.75, 3.05) is 20.3 Å². The third-order valence-corrected chi connectivity index (χ3v) is 8.15. The molecule has 0 radical (unpaired) electrons. The smallest absolute Gasteiger partial charge is 0.341 e. The van der Waals surface area contributed by atoms with E-state index >= 15 is 0 Å². The van der Waals surface area contributed by atoms with Gasteiger partial charge < -0.3 is 24.8 Å². The Morgan fingerprint density at radius 1 is 1.00 bits per heavy atom. The average Bonchev–Trinajstić information content (AvgIpc) is 3.31. The molecule has 43 heavy (non-hydrogen) atoms. The van der Waals surface area contributed by atoms with Gasteiger partial charge in [-0.1, -0.05) is 23.7 Å². The van der Waals surface area contributed by atoms with Gasteiger partial charge in [-0.15, -0.1) is 0 Å². The highest BCUT2D eigenvalue weighted by atomic mass is 79.9. The molecule has 0 bridgehead atoms. The maximum Gasteiger partial charge on any atom is 0.341 e. The molecule has 1 aromatic heterocycles. The highest BCUT2D eigenvalue weighted by Gasteiger charge is 2.32. The van der Waals surface area contributed by atoms with Crippen LogP contribution in [0.1, 0.15) is 32.1 Å². The minimum atomic E-state index is -1.09. The largest absolute Gasteiger partial charge is 0.497 e. The molecule has 13 heteroatoms. The summed E-state index contributed by atoms with van der Waals surface area (Å²) in [6.45, 7) is 0.157. The molecule has 4 aromatic rings. The molecule has 0 atom stereocenters. The van der Waals surface area contributed by atoms with Crippen LogP contribution in [-0.4, -0.2) is 57.2 Å². The first-order valence-electron chi connectivity index (χ1n) is 13.1. The second-order valence-electron chi connectivity index (χ2n) is 9.63. The molecule has 2 N–H and O–H groups in total. The zero-order chi connectivity index (χ0) is 30.7. The molecule has 1 aliphatic rings. The van der Waals surface area contributed by atoms with Crippen LogP contribution >= 0.6 is 27.5 Å². The summed E-state index contributed by atoms with van der Waals surface area (Å²) in [7, 11) is 1.53. The summed E-state index contributed by atoms with van der Waals surface area (Å²) in [4.78, 5) is 53.2. The number of hydrogen-bond acceptors (Lipinski definition) is 6. The van der Waals surface area contributed by atoms with Gasteiger partial charge in [-0.25, -0.2) is 9.59 Å². The molecule has 0 saturated heterocycles. The van der Waals surface area contributed by atoms with Crippen molar-refractivity contribution in [1.82, 2.24) is 19.4 Å². The first kappa shape index (κ1) is 29.9. The van der Waals surface area contributed by atoms with Gasteiger partial charge >= 0.3 is 11.7 Å². The van der Waals surface area contributed by atoms with Crippen molar-refractivity contribution in [3.05, 3.63) is 109 Å². The molecule has 0 fully saturated rings. The topological polar surface area (TPSA) is 132 Å². The predicted molar refractivity (Wildman–Crippen MR) is 161 cm³/mol. The molecule has 222 valence electrons. The Kier molecular flexibility index (Phi) is 8.88. The number of benzene rings is 3. The molecule has 11 nitrogen and oxygen atoms in total. The van der Waals surface area contributed by atoms with E-state index < -0.39 is 24.2 Å². The van der Waals surface area contributed by atoms with E-state index in [4.69, 9.17) is 26.2 Å². The highest BCUT2D eigenvalue weighted by Crippen LogP contribution is 2.26. The van der Waals surface area contributed by atoms with Crippen LogP contribution in [0.3, 0.4) is 0 Å². The number of hydrogen-bond donors (Lipinski definition) is 2. The average molecular weight is 670 g/mol. The van der Waals surface area contributed by atoms with Crippen molar-refractivity contribution < 1.29 is 29.0 Å². The van der Waals surface area contributed by atoms with E-state index in [-0.39, 0.29) is 37.8 Å². The van der Waals surface area contributed by atoms with Gasteiger partial charge in [0.1, 0.15) is 17.2 Å². The van der Waals surface area contributed by atoms with Crippen LogP contribution in [0.2, 0.25) is 5.02 Å². The van der Waals surface area contributed by atoms with Gasteiger partial charge in [0.05, 0.1) is 30.1 Å². The van der Waals surface area contributed by atoms with Gasteiger partial charge in [0.15, 0.2) is 6.61 Å². The number of methoxy groups -OCH3 is 1. The zero-order valence-electron chi connectivity index (χ0n) is 22.9. The van der Waals surface area contributed by atoms with Gasteiger partial charge in [0, 0.05) is 29.7 Å². The molecule has 3 aromatic carbocycles. The Morgan fingerprint density at radius 3 is 2.35 bits per heavy atom. The van der Waals surface area contributed by atoms with Crippen LogP contribution in [0, 0.1) is 0 Å². The lowest BCUT2D eigenvalue weighted by Crippen LogP contribution is -2.41. The molecule has 0 unspecified atom stereocenters. The lowest BCUT2D eigenvalue weighted by Gasteiger charge is -2.28. The first-order valence-corrected chi connectivity index (χ1v) is 14.3. The number of carboxylic acids is 1. The molecule has 2 amide bonds. The number of fused-ring (bicyclic) bond motifs is 1. The van der Waals surface area contributed by atoms with E-state index in [1.807, 2.05) is 0 Å². The van der Waals surface area contributed by atoms with E-state index in [2.05, 4.69) is 21.2 Å². The van der Waals surface area contributed by atoms with Crippen LogP contribution in [0.4, 0.5) is 0 Å². The number of carbonyl (C=O) groups is 3. The van der Waals surface area contributed by atoms with Crippen LogP contribution in [0.15, 0.2) is 76.0 Å². The van der Waals surface area contributed by atoms with Crippen LogP contribution < -0.4 is 20.5 Å². The van der Waals surface area contributed by atoms with E-state index in [0.717, 1.165) is 5.56 Å². The van der Waals surface area contributed by atoms with E-state index in [1.54, 1.807) is 71.6 Å². The number of ether oxygens (including phenoxy) is 2. The lowest BCUT2D eigenvalue weighted by atomic mass is 10.1. The Morgan fingerprint density at radius 2 is 1.70 bits per heavy atom. The quantitative estimate of drug-likeness (QED) is 0.274. The Balaban J connectivity index is 1.46. The lowest BCUT2D eigenvalue weighted by molar-refractivity contribution is -0.139. The number of carboxylic acid groups (broad SMARTS) is 1. The number of aromatic nitrogens is 2. The molecular weight excluding hydrogens is 644 g/mol. The van der Waals surface area contributed by atoms with Gasteiger partial charge in [-0.3, -0.25) is 18.7 Å². The summed E-state index contributed by atoms with van der Waals surface area (Å²) in [6, 6.07) is 18.3. The minimum Gasteiger partial charge on any atom is -0.497 e. The second kappa shape index (κ2) is 12.8. The van der Waals surface area contributed by atoms with Crippen LogP contribution in [0.5, 0.6) is 11.5 Å². The number of amides is 2. The number of carbonyl (C=O) groups excluding carboxylic acids is 2. The van der Waals surface area contributed by atoms with E-state index in [9.17, 15) is 19.2 Å². The van der Waals surface area contributed by atoms with Crippen molar-refractivity contribution >= 4 is 45.3 Å². The molecular formula is C30H26BrClN4O7. The number of imidazole rings is 1. The Hall–Kier alpha value is -4.55. The van der Waals surface area contributed by atoms with Gasteiger partial charge in [-0.2, -0.15) is 0 Å². The summed E-state index contributed by atoms with van der Waals surface area (Å²) in [5, 5.41) is 12.1. The third kappa shape index (κ3) is 6.45. The fourth-order valence-electron chi connectivity index (χ4n) is 4.76. The number of halogens is 2. The third-order valence-electron chi connectivity index (χ3n) is 6.92. The molecule has 2 heterocycles. The maximum atomic E-state index is 13.8. The van der Waals surface area contributed by atoms with Crippen molar-refractivity contribution in [2.24, 2.45) is 0 Å². The summed E-state index contributed by atoms with van der Waals surface area (Å²) >= 11 is 9.55. The van der Waals surface area contributed by atoms with E-state index in [0.29, 0.717) is 37.9 Å². The predicted octanol–water partition coefficient (Wildman–Crippen LogP) is 4.11. The summed E-state index contributed by atoms with van der Waals surface area (Å²) < 4.78 is 13.9. The Labute approximate surface area is 259 Å². The summed E-state index contributed by atoms with van der Waals surface area (Å²) in [5.74, 6) is -0.900. The van der Waals surface area contributed by atoms with Crippen LogP contribution in [0.25, 0.3) is 5.69 Å². The Bertz CT molecular complexity index is 1750. The zero-order valence-corrected chi connectivity index (χ0v) is 25.2. The summed E-state index contributed by atoms with van der Waals surface area (Å²) in [6.07, 6.45) is 0. The number of rotatable bonds is 9. The number of aliphatic carboxylic acids is 1. The van der Waals surface area contributed by atoms with Gasteiger partial charge in [-0.05, 0) is 76.1 Å². The van der Waals surface area contributed by atoms with Crippen LogP contribution in [-0.2, 0) is 24.4 Å². The molecule has 0 aliphatic carbocycles. The van der Waals surface area contributed by atoms with Crippen molar-refractivity contribution in [2.45, 2.75) is 19.6 Å². The normalized spacial score (nSPS) is 12.4.